The fourth-order valence-corrected chi connectivity index (χ4v) is 2.41. The Morgan fingerprint density at radius 1 is 1.20 bits per heavy atom. The zero-order chi connectivity index (χ0) is 14.7. The molecule has 1 unspecified atom stereocenters. The summed E-state index contributed by atoms with van der Waals surface area (Å²) in [7, 11) is 0. The molecule has 2 nitrogen and oxygen atoms in total. The third kappa shape index (κ3) is 2.61. The van der Waals surface area contributed by atoms with Gasteiger partial charge in [0.25, 0.3) is 0 Å². The first-order valence-electron chi connectivity index (χ1n) is 6.84. The molecule has 0 radical (unpaired) electrons. The summed E-state index contributed by atoms with van der Waals surface area (Å²) in [5.74, 6) is -0.294. The lowest BCUT2D eigenvalue weighted by molar-refractivity contribution is 0.483. The van der Waals surface area contributed by atoms with Crippen LogP contribution < -0.4 is 5.32 Å². The van der Waals surface area contributed by atoms with E-state index >= 15 is 0 Å². The minimum Gasteiger partial charge on any atom is -0.469 e. The van der Waals surface area contributed by atoms with Gasteiger partial charge in [-0.1, -0.05) is 19.9 Å². The van der Waals surface area contributed by atoms with E-state index in [1.165, 1.54) is 12.1 Å². The Hall–Kier alpha value is -1.68. The highest BCUT2D eigenvalue weighted by Crippen LogP contribution is 2.31. The topological polar surface area (TPSA) is 25.2 Å². The van der Waals surface area contributed by atoms with Crippen LogP contribution in [0.5, 0.6) is 0 Å². The zero-order valence-corrected chi connectivity index (χ0v) is 12.0. The van der Waals surface area contributed by atoms with Crippen LogP contribution in [-0.2, 0) is 6.42 Å². The van der Waals surface area contributed by atoms with Crippen LogP contribution in [0.25, 0.3) is 0 Å². The van der Waals surface area contributed by atoms with Gasteiger partial charge in [0.1, 0.15) is 17.4 Å². The number of hydrogen-bond acceptors (Lipinski definition) is 2. The van der Waals surface area contributed by atoms with E-state index in [1.54, 1.807) is 19.3 Å². The van der Waals surface area contributed by atoms with Crippen LogP contribution in [0.1, 0.15) is 42.3 Å². The Kier molecular flexibility index (Phi) is 4.55. The maximum Gasteiger partial charge on any atom is 0.134 e. The molecule has 1 aromatic heterocycles. The van der Waals surface area contributed by atoms with E-state index < -0.39 is 17.7 Å². The van der Waals surface area contributed by atoms with Crippen LogP contribution in [0, 0.1) is 18.6 Å². The summed E-state index contributed by atoms with van der Waals surface area (Å²) < 4.78 is 33.9. The summed E-state index contributed by atoms with van der Waals surface area (Å²) in [6.45, 7) is 6.10. The molecule has 0 saturated heterocycles. The quantitative estimate of drug-likeness (QED) is 0.890. The van der Waals surface area contributed by atoms with E-state index in [9.17, 15) is 8.78 Å². The van der Waals surface area contributed by atoms with Crippen molar-refractivity contribution in [3.8, 4) is 0 Å². The van der Waals surface area contributed by atoms with Crippen LogP contribution in [0.2, 0.25) is 0 Å². The molecule has 1 heterocycles. The zero-order valence-electron chi connectivity index (χ0n) is 12.0. The Balaban J connectivity index is 2.57. The Labute approximate surface area is 117 Å². The summed E-state index contributed by atoms with van der Waals surface area (Å²) in [6, 6.07) is 4.00. The number of rotatable bonds is 5. The number of hydrogen-bond donors (Lipinski definition) is 1. The first-order chi connectivity index (χ1) is 9.60. The van der Waals surface area contributed by atoms with Gasteiger partial charge in [0.15, 0.2) is 0 Å². The largest absolute Gasteiger partial charge is 0.469 e. The van der Waals surface area contributed by atoms with Crippen molar-refractivity contribution in [2.24, 2.45) is 0 Å². The number of furan rings is 1. The number of aryl methyl sites for hydroxylation is 2. The van der Waals surface area contributed by atoms with Crippen molar-refractivity contribution in [3.05, 3.63) is 58.5 Å². The standard InChI is InChI=1S/C16H19F2NO/c1-4-13-11(8-9-20-13)16(19-5-2)14-12(17)7-6-10(3)15(14)18/h6-9,16,19H,4-5H2,1-3H3. The van der Waals surface area contributed by atoms with Crippen molar-refractivity contribution >= 4 is 0 Å². The molecule has 4 heteroatoms. The van der Waals surface area contributed by atoms with E-state index in [4.69, 9.17) is 4.42 Å². The SMILES string of the molecule is CCNC(c1ccoc1CC)c1c(F)ccc(C)c1F. The van der Waals surface area contributed by atoms with Crippen molar-refractivity contribution in [3.63, 3.8) is 0 Å². The number of benzene rings is 1. The van der Waals surface area contributed by atoms with Crippen molar-refractivity contribution in [2.45, 2.75) is 33.2 Å². The van der Waals surface area contributed by atoms with Gasteiger partial charge in [0, 0.05) is 17.5 Å². The Morgan fingerprint density at radius 2 is 1.95 bits per heavy atom. The average molecular weight is 279 g/mol. The van der Waals surface area contributed by atoms with Crippen molar-refractivity contribution in [1.29, 1.82) is 0 Å². The normalized spacial score (nSPS) is 12.7. The summed E-state index contributed by atoms with van der Waals surface area (Å²) >= 11 is 0. The molecule has 0 bridgehead atoms. The van der Waals surface area contributed by atoms with E-state index in [2.05, 4.69) is 5.32 Å². The highest BCUT2D eigenvalue weighted by atomic mass is 19.1. The molecule has 2 rings (SSSR count). The summed E-state index contributed by atoms with van der Waals surface area (Å²) in [4.78, 5) is 0. The highest BCUT2D eigenvalue weighted by molar-refractivity contribution is 5.37. The molecule has 0 aliphatic rings. The molecular formula is C16H19F2NO. The van der Waals surface area contributed by atoms with Crippen molar-refractivity contribution in [1.82, 2.24) is 5.32 Å². The van der Waals surface area contributed by atoms with Crippen LogP contribution in [0.4, 0.5) is 8.78 Å². The third-order valence-electron chi connectivity index (χ3n) is 3.43. The van der Waals surface area contributed by atoms with Gasteiger partial charge >= 0.3 is 0 Å². The molecule has 20 heavy (non-hydrogen) atoms. The number of halogens is 2. The molecule has 0 fully saturated rings. The molecule has 0 aliphatic heterocycles. The molecule has 0 saturated carbocycles. The lowest BCUT2D eigenvalue weighted by Crippen LogP contribution is -2.25. The van der Waals surface area contributed by atoms with Gasteiger partial charge < -0.3 is 9.73 Å². The van der Waals surface area contributed by atoms with E-state index in [0.717, 1.165) is 11.3 Å². The van der Waals surface area contributed by atoms with Crippen molar-refractivity contribution in [2.75, 3.05) is 6.54 Å². The molecular weight excluding hydrogens is 260 g/mol. The fourth-order valence-electron chi connectivity index (χ4n) is 2.41. The fraction of sp³-hybridized carbons (Fsp3) is 0.375. The number of nitrogens with one attached hydrogen (secondary N) is 1. The van der Waals surface area contributed by atoms with Gasteiger partial charge in [-0.25, -0.2) is 8.78 Å². The second-order valence-corrected chi connectivity index (χ2v) is 4.74. The third-order valence-corrected chi connectivity index (χ3v) is 3.43. The first kappa shape index (κ1) is 14.7. The monoisotopic (exact) mass is 279 g/mol. The second kappa shape index (κ2) is 6.18. The average Bonchev–Trinajstić information content (AvgIpc) is 2.90. The molecule has 1 aromatic carbocycles. The van der Waals surface area contributed by atoms with E-state index in [-0.39, 0.29) is 5.56 Å². The lowest BCUT2D eigenvalue weighted by atomic mass is 9.95. The van der Waals surface area contributed by atoms with E-state index in [1.807, 2.05) is 13.8 Å². The predicted octanol–water partition coefficient (Wildman–Crippen LogP) is 4.13. The van der Waals surface area contributed by atoms with Crippen molar-refractivity contribution < 1.29 is 13.2 Å². The summed E-state index contributed by atoms with van der Waals surface area (Å²) in [6.07, 6.45) is 2.24. The van der Waals surface area contributed by atoms with Gasteiger partial charge in [-0.2, -0.15) is 0 Å². The minimum atomic E-state index is -0.540. The van der Waals surface area contributed by atoms with Crippen LogP contribution >= 0.6 is 0 Å². The maximum absolute atomic E-state index is 14.4. The highest BCUT2D eigenvalue weighted by Gasteiger charge is 2.25. The molecule has 1 atom stereocenters. The van der Waals surface area contributed by atoms with Crippen LogP contribution in [0.3, 0.4) is 0 Å². The molecule has 0 aliphatic carbocycles. The maximum atomic E-state index is 14.4. The minimum absolute atomic E-state index is 0.0583. The lowest BCUT2D eigenvalue weighted by Gasteiger charge is -2.20. The van der Waals surface area contributed by atoms with Gasteiger partial charge in [0.05, 0.1) is 12.3 Å². The molecule has 2 aromatic rings. The molecule has 1 N–H and O–H groups in total. The predicted molar refractivity (Wildman–Crippen MR) is 74.7 cm³/mol. The van der Waals surface area contributed by atoms with Gasteiger partial charge in [-0.3, -0.25) is 0 Å². The molecule has 0 amide bonds. The summed E-state index contributed by atoms with van der Waals surface area (Å²) in [5.41, 5.74) is 1.28. The van der Waals surface area contributed by atoms with E-state index in [0.29, 0.717) is 18.5 Å². The second-order valence-electron chi connectivity index (χ2n) is 4.74. The molecule has 0 spiro atoms. The van der Waals surface area contributed by atoms with Gasteiger partial charge in [0.2, 0.25) is 0 Å². The van der Waals surface area contributed by atoms with Gasteiger partial charge in [-0.05, 0) is 31.2 Å². The molecule has 108 valence electrons. The van der Waals surface area contributed by atoms with Gasteiger partial charge in [-0.15, -0.1) is 0 Å². The Morgan fingerprint density at radius 3 is 2.60 bits per heavy atom. The Bertz CT molecular complexity index is 592. The smallest absolute Gasteiger partial charge is 0.134 e. The van der Waals surface area contributed by atoms with Crippen LogP contribution in [0.15, 0.2) is 28.9 Å². The first-order valence-corrected chi connectivity index (χ1v) is 6.84. The van der Waals surface area contributed by atoms with Crippen LogP contribution in [-0.4, -0.2) is 6.54 Å². The summed E-state index contributed by atoms with van der Waals surface area (Å²) in [5, 5.41) is 3.14.